The molecule has 1 aromatic rings. The van der Waals surface area contributed by atoms with Crippen molar-refractivity contribution in [2.24, 2.45) is 5.92 Å². The van der Waals surface area contributed by atoms with Crippen molar-refractivity contribution < 1.29 is 28.6 Å². The van der Waals surface area contributed by atoms with E-state index in [0.717, 1.165) is 11.1 Å². The molecule has 0 saturated carbocycles. The summed E-state index contributed by atoms with van der Waals surface area (Å²) in [6.07, 6.45) is 0.205. The van der Waals surface area contributed by atoms with E-state index in [0.29, 0.717) is 17.6 Å². The highest BCUT2D eigenvalue weighted by Gasteiger charge is 2.39. The van der Waals surface area contributed by atoms with Gasteiger partial charge >= 0.3 is 11.9 Å². The molecule has 0 radical (unpaired) electrons. The molecular weight excluding hydrogens is 372 g/mol. The standard InChI is InChI=1S/C23H28O6/c1-13(2)9-20(25)27-16(6)17-7-8-19-18(11-17)23(22(28-19)15(5)12-24)29-21(26)10-14(3)4/h7-9,11-12,14,16,22-23H,5,10H2,1-4,6H3/t16-,22+,23+/m0/s1. The van der Waals surface area contributed by atoms with Crippen LogP contribution in [0.1, 0.15) is 64.4 Å². The van der Waals surface area contributed by atoms with Gasteiger partial charge in [0.05, 0.1) is 0 Å². The minimum Gasteiger partial charge on any atom is -0.481 e. The number of fused-ring (bicyclic) bond motifs is 1. The van der Waals surface area contributed by atoms with Crippen molar-refractivity contribution in [1.82, 2.24) is 0 Å². The highest BCUT2D eigenvalue weighted by molar-refractivity contribution is 5.82. The van der Waals surface area contributed by atoms with Gasteiger partial charge in [0.2, 0.25) is 0 Å². The first kappa shape index (κ1) is 22.4. The molecule has 29 heavy (non-hydrogen) atoms. The van der Waals surface area contributed by atoms with E-state index in [9.17, 15) is 14.4 Å². The summed E-state index contributed by atoms with van der Waals surface area (Å²) in [5.74, 6) is -0.162. The second-order valence-corrected chi connectivity index (χ2v) is 7.84. The van der Waals surface area contributed by atoms with E-state index < -0.39 is 24.3 Å². The third-order valence-corrected chi connectivity index (χ3v) is 4.39. The van der Waals surface area contributed by atoms with Gasteiger partial charge in [0.15, 0.2) is 12.2 Å². The first-order valence-corrected chi connectivity index (χ1v) is 9.61. The topological polar surface area (TPSA) is 78.9 Å². The normalized spacial score (nSPS) is 18.3. The van der Waals surface area contributed by atoms with Crippen LogP contribution in [-0.2, 0) is 23.9 Å². The Bertz CT molecular complexity index is 832. The maximum absolute atomic E-state index is 12.3. The Labute approximate surface area is 171 Å². The van der Waals surface area contributed by atoms with E-state index in [-0.39, 0.29) is 23.9 Å². The van der Waals surface area contributed by atoms with Gasteiger partial charge in [-0.25, -0.2) is 4.79 Å². The molecule has 3 atom stereocenters. The van der Waals surface area contributed by atoms with Gasteiger partial charge in [-0.05, 0) is 44.4 Å². The SMILES string of the molecule is C=C(C=O)[C@H]1Oc2ccc([C@H](C)OC(=O)C=C(C)C)cc2[C@H]1OC(=O)CC(C)C. The third kappa shape index (κ3) is 5.79. The molecule has 1 heterocycles. The minimum absolute atomic E-state index is 0.137. The molecule has 0 saturated heterocycles. The fourth-order valence-corrected chi connectivity index (χ4v) is 3.01. The molecule has 0 bridgehead atoms. The summed E-state index contributed by atoms with van der Waals surface area (Å²) in [6.45, 7) is 12.9. The number of hydrogen-bond acceptors (Lipinski definition) is 6. The first-order chi connectivity index (χ1) is 13.6. The van der Waals surface area contributed by atoms with Crippen LogP contribution in [0.5, 0.6) is 5.75 Å². The molecule has 156 valence electrons. The fraction of sp³-hybridized carbons (Fsp3) is 0.435. The van der Waals surface area contributed by atoms with Crippen LogP contribution in [0.3, 0.4) is 0 Å². The summed E-state index contributed by atoms with van der Waals surface area (Å²) in [5, 5.41) is 0. The molecule has 1 aliphatic rings. The van der Waals surface area contributed by atoms with Crippen LogP contribution in [0.25, 0.3) is 0 Å². The van der Waals surface area contributed by atoms with Gasteiger partial charge in [-0.2, -0.15) is 0 Å². The average molecular weight is 400 g/mol. The number of esters is 2. The molecule has 6 heteroatoms. The largest absolute Gasteiger partial charge is 0.481 e. The highest BCUT2D eigenvalue weighted by atomic mass is 16.6. The minimum atomic E-state index is -0.783. The predicted octanol–water partition coefficient (Wildman–Crippen LogP) is 4.40. The van der Waals surface area contributed by atoms with E-state index in [2.05, 4.69) is 6.58 Å². The molecule has 0 amide bonds. The number of carbonyl (C=O) groups is 3. The van der Waals surface area contributed by atoms with Crippen molar-refractivity contribution in [3.63, 3.8) is 0 Å². The zero-order chi connectivity index (χ0) is 21.7. The Kier molecular flexibility index (Phi) is 7.37. The lowest BCUT2D eigenvalue weighted by Crippen LogP contribution is -2.26. The van der Waals surface area contributed by atoms with Crippen molar-refractivity contribution in [1.29, 1.82) is 0 Å². The van der Waals surface area contributed by atoms with Crippen molar-refractivity contribution >= 4 is 18.2 Å². The summed E-state index contributed by atoms with van der Waals surface area (Å²) >= 11 is 0. The second kappa shape index (κ2) is 9.54. The summed E-state index contributed by atoms with van der Waals surface area (Å²) in [4.78, 5) is 35.4. The van der Waals surface area contributed by atoms with E-state index in [1.54, 1.807) is 25.1 Å². The quantitative estimate of drug-likeness (QED) is 0.365. The van der Waals surface area contributed by atoms with Gasteiger partial charge < -0.3 is 14.2 Å². The van der Waals surface area contributed by atoms with Crippen LogP contribution in [0.15, 0.2) is 42.0 Å². The van der Waals surface area contributed by atoms with Crippen LogP contribution in [0.2, 0.25) is 0 Å². The van der Waals surface area contributed by atoms with Gasteiger partial charge in [-0.3, -0.25) is 9.59 Å². The van der Waals surface area contributed by atoms with E-state index in [4.69, 9.17) is 14.2 Å². The molecule has 0 aliphatic carbocycles. The Morgan fingerprint density at radius 3 is 2.52 bits per heavy atom. The third-order valence-electron chi connectivity index (χ3n) is 4.39. The molecule has 0 fully saturated rings. The van der Waals surface area contributed by atoms with Crippen LogP contribution in [0.4, 0.5) is 0 Å². The maximum atomic E-state index is 12.3. The van der Waals surface area contributed by atoms with E-state index >= 15 is 0 Å². The monoisotopic (exact) mass is 400 g/mol. The van der Waals surface area contributed by atoms with Gasteiger partial charge in [0.1, 0.15) is 18.1 Å². The Balaban J connectivity index is 2.30. The number of carbonyl (C=O) groups excluding carboxylic acids is 3. The smallest absolute Gasteiger partial charge is 0.331 e. The second-order valence-electron chi connectivity index (χ2n) is 7.84. The molecule has 0 aromatic heterocycles. The van der Waals surface area contributed by atoms with Gasteiger partial charge in [0.25, 0.3) is 0 Å². The van der Waals surface area contributed by atoms with Crippen LogP contribution in [0, 0.1) is 5.92 Å². The molecule has 0 spiro atoms. The summed E-state index contributed by atoms with van der Waals surface area (Å²) < 4.78 is 16.9. The molecule has 1 aromatic carbocycles. The van der Waals surface area contributed by atoms with E-state index in [1.165, 1.54) is 6.08 Å². The molecule has 0 unspecified atom stereocenters. The maximum Gasteiger partial charge on any atom is 0.331 e. The lowest BCUT2D eigenvalue weighted by Gasteiger charge is -2.20. The average Bonchev–Trinajstić information content (AvgIpc) is 2.97. The van der Waals surface area contributed by atoms with Crippen LogP contribution >= 0.6 is 0 Å². The van der Waals surface area contributed by atoms with Crippen LogP contribution in [-0.4, -0.2) is 24.3 Å². The van der Waals surface area contributed by atoms with Crippen molar-refractivity contribution in [2.75, 3.05) is 0 Å². The molecule has 0 N–H and O–H groups in total. The number of ether oxygens (including phenoxy) is 3. The Morgan fingerprint density at radius 2 is 1.93 bits per heavy atom. The first-order valence-electron chi connectivity index (χ1n) is 9.61. The number of allylic oxidation sites excluding steroid dienone is 1. The van der Waals surface area contributed by atoms with Gasteiger partial charge in [-0.15, -0.1) is 0 Å². The summed E-state index contributed by atoms with van der Waals surface area (Å²) in [5.41, 5.74) is 2.38. The zero-order valence-electron chi connectivity index (χ0n) is 17.6. The predicted molar refractivity (Wildman–Crippen MR) is 108 cm³/mol. The summed E-state index contributed by atoms with van der Waals surface area (Å²) in [6, 6.07) is 5.27. The number of aldehydes is 1. The molecular formula is C23H28O6. The zero-order valence-corrected chi connectivity index (χ0v) is 17.6. The fourth-order valence-electron chi connectivity index (χ4n) is 3.01. The number of hydrogen-bond donors (Lipinski definition) is 0. The lowest BCUT2D eigenvalue weighted by atomic mass is 9.98. The highest BCUT2D eigenvalue weighted by Crippen LogP contribution is 2.42. The van der Waals surface area contributed by atoms with Crippen molar-refractivity contribution in [3.05, 3.63) is 53.1 Å². The molecule has 2 rings (SSSR count). The van der Waals surface area contributed by atoms with Crippen molar-refractivity contribution in [2.45, 2.75) is 59.4 Å². The van der Waals surface area contributed by atoms with Crippen molar-refractivity contribution in [3.8, 4) is 5.75 Å². The molecule has 1 aliphatic heterocycles. The Morgan fingerprint density at radius 1 is 1.24 bits per heavy atom. The van der Waals surface area contributed by atoms with Crippen LogP contribution < -0.4 is 4.74 Å². The number of benzene rings is 1. The molecule has 6 nitrogen and oxygen atoms in total. The van der Waals surface area contributed by atoms with E-state index in [1.807, 2.05) is 27.7 Å². The Hall–Kier alpha value is -2.89. The summed E-state index contributed by atoms with van der Waals surface area (Å²) in [7, 11) is 0. The van der Waals surface area contributed by atoms with Gasteiger partial charge in [-0.1, -0.05) is 32.1 Å². The van der Waals surface area contributed by atoms with Gasteiger partial charge in [0, 0.05) is 23.6 Å². The lowest BCUT2D eigenvalue weighted by molar-refractivity contribution is -0.153. The number of rotatable bonds is 8.